The number of nitro benzene ring substituents is 1. The van der Waals surface area contributed by atoms with Gasteiger partial charge in [0.15, 0.2) is 11.5 Å². The molecule has 6 heteroatoms. The highest BCUT2D eigenvalue weighted by molar-refractivity contribution is 5.64. The van der Waals surface area contributed by atoms with Crippen LogP contribution < -0.4 is 10.6 Å². The Hall–Kier alpha value is -1.69. The summed E-state index contributed by atoms with van der Waals surface area (Å²) in [6.07, 6.45) is 0.728. The van der Waals surface area contributed by atoms with Crippen molar-refractivity contribution in [3.8, 4) is 0 Å². The van der Waals surface area contributed by atoms with Crippen molar-refractivity contribution in [2.45, 2.75) is 12.5 Å². The first-order chi connectivity index (χ1) is 7.59. The highest BCUT2D eigenvalue weighted by atomic mass is 19.1. The van der Waals surface area contributed by atoms with Crippen molar-refractivity contribution in [3.63, 3.8) is 0 Å². The summed E-state index contributed by atoms with van der Waals surface area (Å²) in [7, 11) is 0. The minimum absolute atomic E-state index is 0.0424. The summed E-state index contributed by atoms with van der Waals surface area (Å²) in [5.41, 5.74) is 5.56. The third-order valence-electron chi connectivity index (χ3n) is 2.70. The molecule has 1 aromatic rings. The van der Waals surface area contributed by atoms with Gasteiger partial charge < -0.3 is 10.6 Å². The molecule has 16 heavy (non-hydrogen) atoms. The zero-order chi connectivity index (χ0) is 11.7. The van der Waals surface area contributed by atoms with Gasteiger partial charge in [-0.05, 0) is 12.5 Å². The van der Waals surface area contributed by atoms with E-state index in [4.69, 9.17) is 5.73 Å². The Balaban J connectivity index is 2.42. The van der Waals surface area contributed by atoms with E-state index in [1.165, 1.54) is 18.2 Å². The molecule has 1 fully saturated rings. The highest BCUT2D eigenvalue weighted by Gasteiger charge is 2.28. The molecule has 1 unspecified atom stereocenters. The van der Waals surface area contributed by atoms with E-state index in [0.717, 1.165) is 6.42 Å². The summed E-state index contributed by atoms with van der Waals surface area (Å²) < 4.78 is 13.6. The normalized spacial score (nSPS) is 20.1. The summed E-state index contributed by atoms with van der Waals surface area (Å²) in [5.74, 6) is -0.566. The minimum atomic E-state index is -0.567. The summed E-state index contributed by atoms with van der Waals surface area (Å²) in [5, 5.41) is 10.8. The molecule has 0 radical (unpaired) electrons. The second-order valence-electron chi connectivity index (χ2n) is 3.86. The summed E-state index contributed by atoms with van der Waals surface area (Å²) in [6, 6.07) is 3.83. The molecule has 1 atom stereocenters. The van der Waals surface area contributed by atoms with Crippen molar-refractivity contribution in [2.24, 2.45) is 5.73 Å². The molecule has 0 aliphatic carbocycles. The van der Waals surface area contributed by atoms with Crippen LogP contribution in [-0.2, 0) is 0 Å². The van der Waals surface area contributed by atoms with E-state index < -0.39 is 10.7 Å². The number of para-hydroxylation sites is 1. The predicted octanol–water partition coefficient (Wildman–Crippen LogP) is 1.27. The van der Waals surface area contributed by atoms with E-state index in [9.17, 15) is 14.5 Å². The van der Waals surface area contributed by atoms with E-state index in [2.05, 4.69) is 0 Å². The number of nitro groups is 1. The number of halogens is 1. The van der Waals surface area contributed by atoms with Crippen molar-refractivity contribution in [1.82, 2.24) is 0 Å². The fourth-order valence-electron chi connectivity index (χ4n) is 1.95. The Labute approximate surface area is 91.8 Å². The molecule has 0 bridgehead atoms. The molecule has 2 N–H and O–H groups in total. The van der Waals surface area contributed by atoms with Crippen LogP contribution in [0.1, 0.15) is 6.42 Å². The fraction of sp³-hybridized carbons (Fsp3) is 0.400. The van der Waals surface area contributed by atoms with Crippen LogP contribution in [0.25, 0.3) is 0 Å². The molecule has 5 nitrogen and oxygen atoms in total. The second kappa shape index (κ2) is 4.05. The van der Waals surface area contributed by atoms with Gasteiger partial charge in [-0.15, -0.1) is 0 Å². The third-order valence-corrected chi connectivity index (χ3v) is 2.70. The molecule has 0 aromatic heterocycles. The number of rotatable bonds is 2. The standard InChI is InChI=1S/C10H12FN3O2/c11-8-2-1-3-9(14(15)16)10(8)13-5-4-7(12)6-13/h1-3,7H,4-6,12H2. The lowest BCUT2D eigenvalue weighted by molar-refractivity contribution is -0.384. The number of anilines is 1. The molecule has 86 valence electrons. The number of benzene rings is 1. The van der Waals surface area contributed by atoms with Crippen molar-refractivity contribution in [3.05, 3.63) is 34.1 Å². The Morgan fingerprint density at radius 1 is 1.56 bits per heavy atom. The zero-order valence-corrected chi connectivity index (χ0v) is 8.60. The molecule has 0 spiro atoms. The van der Waals surface area contributed by atoms with Gasteiger partial charge in [0.05, 0.1) is 4.92 Å². The van der Waals surface area contributed by atoms with Crippen LogP contribution in [-0.4, -0.2) is 24.1 Å². The molecule has 1 heterocycles. The monoisotopic (exact) mass is 225 g/mol. The molecule has 2 rings (SSSR count). The molecule has 1 saturated heterocycles. The van der Waals surface area contributed by atoms with Crippen LogP contribution in [0.3, 0.4) is 0 Å². The number of hydrogen-bond acceptors (Lipinski definition) is 4. The molecule has 1 aliphatic heterocycles. The van der Waals surface area contributed by atoms with Crippen LogP contribution >= 0.6 is 0 Å². The number of nitrogens with two attached hydrogens (primary N) is 1. The van der Waals surface area contributed by atoms with Gasteiger partial charge in [-0.3, -0.25) is 10.1 Å². The van der Waals surface area contributed by atoms with Crippen LogP contribution in [0.5, 0.6) is 0 Å². The van der Waals surface area contributed by atoms with Gasteiger partial charge in [-0.2, -0.15) is 0 Å². The average Bonchev–Trinajstić information content (AvgIpc) is 2.64. The molecular weight excluding hydrogens is 213 g/mol. The average molecular weight is 225 g/mol. The first-order valence-electron chi connectivity index (χ1n) is 5.03. The van der Waals surface area contributed by atoms with Crippen molar-refractivity contribution >= 4 is 11.4 Å². The number of nitrogens with zero attached hydrogens (tertiary/aromatic N) is 2. The summed E-state index contributed by atoms with van der Waals surface area (Å²) >= 11 is 0. The topological polar surface area (TPSA) is 72.4 Å². The van der Waals surface area contributed by atoms with Crippen LogP contribution in [0.15, 0.2) is 18.2 Å². The van der Waals surface area contributed by atoms with E-state index in [-0.39, 0.29) is 17.4 Å². The zero-order valence-electron chi connectivity index (χ0n) is 8.60. The second-order valence-corrected chi connectivity index (χ2v) is 3.86. The van der Waals surface area contributed by atoms with Gasteiger partial charge in [0.25, 0.3) is 5.69 Å². The Morgan fingerprint density at radius 3 is 2.88 bits per heavy atom. The fourth-order valence-corrected chi connectivity index (χ4v) is 1.95. The molecule has 1 aliphatic rings. The molecule has 1 aromatic carbocycles. The van der Waals surface area contributed by atoms with Crippen LogP contribution in [0, 0.1) is 15.9 Å². The maximum Gasteiger partial charge on any atom is 0.295 e. The largest absolute Gasteiger partial charge is 0.362 e. The van der Waals surface area contributed by atoms with Crippen molar-refractivity contribution in [2.75, 3.05) is 18.0 Å². The summed E-state index contributed by atoms with van der Waals surface area (Å²) in [6.45, 7) is 1.02. The lowest BCUT2D eigenvalue weighted by Crippen LogP contribution is -2.27. The lowest BCUT2D eigenvalue weighted by Gasteiger charge is -2.18. The van der Waals surface area contributed by atoms with Gasteiger partial charge in [0.2, 0.25) is 0 Å². The van der Waals surface area contributed by atoms with E-state index in [0.29, 0.717) is 13.1 Å². The molecule has 0 saturated carbocycles. The van der Waals surface area contributed by atoms with E-state index in [1.54, 1.807) is 4.90 Å². The van der Waals surface area contributed by atoms with E-state index >= 15 is 0 Å². The lowest BCUT2D eigenvalue weighted by atomic mass is 10.2. The van der Waals surface area contributed by atoms with Gasteiger partial charge >= 0.3 is 0 Å². The Morgan fingerprint density at radius 2 is 2.31 bits per heavy atom. The Kier molecular flexibility index (Phi) is 2.74. The maximum atomic E-state index is 13.6. The first-order valence-corrected chi connectivity index (χ1v) is 5.03. The number of hydrogen-bond donors (Lipinski definition) is 1. The molecule has 0 amide bonds. The highest BCUT2D eigenvalue weighted by Crippen LogP contribution is 2.32. The van der Waals surface area contributed by atoms with Crippen LogP contribution in [0.2, 0.25) is 0 Å². The Bertz CT molecular complexity index is 425. The SMILES string of the molecule is NC1CCN(c2c(F)cccc2[N+](=O)[O-])C1. The van der Waals surface area contributed by atoms with Gasteiger partial charge in [0.1, 0.15) is 0 Å². The van der Waals surface area contributed by atoms with Crippen molar-refractivity contribution < 1.29 is 9.31 Å². The quantitative estimate of drug-likeness (QED) is 0.607. The van der Waals surface area contributed by atoms with Crippen molar-refractivity contribution in [1.29, 1.82) is 0 Å². The van der Waals surface area contributed by atoms with E-state index in [1.807, 2.05) is 0 Å². The first kappa shape index (κ1) is 10.8. The third kappa shape index (κ3) is 1.83. The predicted molar refractivity (Wildman–Crippen MR) is 57.9 cm³/mol. The summed E-state index contributed by atoms with van der Waals surface area (Å²) in [4.78, 5) is 11.9. The van der Waals surface area contributed by atoms with Crippen LogP contribution in [0.4, 0.5) is 15.8 Å². The smallest absolute Gasteiger partial charge is 0.295 e. The van der Waals surface area contributed by atoms with Gasteiger partial charge in [0, 0.05) is 25.2 Å². The minimum Gasteiger partial charge on any atom is -0.362 e. The van der Waals surface area contributed by atoms with Gasteiger partial charge in [-0.1, -0.05) is 6.07 Å². The molecular formula is C10H12FN3O2. The van der Waals surface area contributed by atoms with Gasteiger partial charge in [-0.25, -0.2) is 4.39 Å². The maximum absolute atomic E-state index is 13.6.